The lowest BCUT2D eigenvalue weighted by atomic mass is 10.2. The highest BCUT2D eigenvalue weighted by molar-refractivity contribution is 7.93. The summed E-state index contributed by atoms with van der Waals surface area (Å²) < 4.78 is 32.0. The Morgan fingerprint density at radius 1 is 1.15 bits per heavy atom. The maximum absolute atomic E-state index is 12.5. The van der Waals surface area contributed by atoms with Gasteiger partial charge in [-0.25, -0.2) is 13.2 Å². The molecule has 0 spiro atoms. The third-order valence-electron chi connectivity index (χ3n) is 3.30. The van der Waals surface area contributed by atoms with Gasteiger partial charge in [-0.15, -0.1) is 10.2 Å². The Labute approximate surface area is 158 Å². The largest absolute Gasteiger partial charge is 0.465 e. The average Bonchev–Trinajstić information content (AvgIpc) is 3.09. The third-order valence-corrected chi connectivity index (χ3v) is 5.91. The quantitative estimate of drug-likeness (QED) is 0.648. The molecular formula is C16H12ClN3O4S2. The number of hydrogen-bond acceptors (Lipinski definition) is 7. The van der Waals surface area contributed by atoms with E-state index in [9.17, 15) is 13.2 Å². The van der Waals surface area contributed by atoms with E-state index in [0.29, 0.717) is 10.0 Å². The van der Waals surface area contributed by atoms with Gasteiger partial charge in [-0.05, 0) is 30.3 Å². The van der Waals surface area contributed by atoms with E-state index < -0.39 is 16.0 Å². The minimum absolute atomic E-state index is 0.0800. The number of aromatic nitrogens is 2. The number of nitrogens with zero attached hydrogens (tertiary/aromatic N) is 2. The molecule has 2 aromatic carbocycles. The van der Waals surface area contributed by atoms with Crippen LogP contribution < -0.4 is 4.72 Å². The number of anilines is 1. The van der Waals surface area contributed by atoms with Crippen LogP contribution in [0.1, 0.15) is 10.4 Å². The van der Waals surface area contributed by atoms with Gasteiger partial charge < -0.3 is 4.74 Å². The molecule has 0 bridgehead atoms. The number of rotatable bonds is 5. The van der Waals surface area contributed by atoms with Crippen LogP contribution in [-0.4, -0.2) is 31.7 Å². The lowest BCUT2D eigenvalue weighted by molar-refractivity contribution is 0.0600. The SMILES string of the molecule is COC(=O)c1cccc(S(=O)(=O)Nc2nnc(-c3ccc(Cl)cc3)s2)c1. The van der Waals surface area contributed by atoms with Crippen molar-refractivity contribution in [2.45, 2.75) is 4.90 Å². The Morgan fingerprint density at radius 2 is 1.88 bits per heavy atom. The summed E-state index contributed by atoms with van der Waals surface area (Å²) in [5.74, 6) is -0.622. The molecule has 0 saturated carbocycles. The predicted molar refractivity (Wildman–Crippen MR) is 98.9 cm³/mol. The molecule has 0 aliphatic rings. The number of halogens is 1. The first-order chi connectivity index (χ1) is 12.4. The standard InChI is InChI=1S/C16H12ClN3O4S2/c1-24-15(21)11-3-2-4-13(9-11)26(22,23)20-16-19-18-14(25-16)10-5-7-12(17)8-6-10/h2-9H,1H3,(H,19,20). The average molecular weight is 410 g/mol. The summed E-state index contributed by atoms with van der Waals surface area (Å²) in [6.45, 7) is 0. The fraction of sp³-hybridized carbons (Fsp3) is 0.0625. The number of ether oxygens (including phenoxy) is 1. The molecule has 1 aromatic heterocycles. The van der Waals surface area contributed by atoms with E-state index in [-0.39, 0.29) is 15.6 Å². The molecular weight excluding hydrogens is 398 g/mol. The van der Waals surface area contributed by atoms with Crippen LogP contribution in [0.4, 0.5) is 5.13 Å². The zero-order chi connectivity index (χ0) is 18.7. The molecule has 3 rings (SSSR count). The van der Waals surface area contributed by atoms with E-state index >= 15 is 0 Å². The summed E-state index contributed by atoms with van der Waals surface area (Å²) in [7, 11) is -2.70. The zero-order valence-corrected chi connectivity index (χ0v) is 15.7. The highest BCUT2D eigenvalue weighted by Crippen LogP contribution is 2.28. The first-order valence-electron chi connectivity index (χ1n) is 7.20. The van der Waals surface area contributed by atoms with E-state index in [0.717, 1.165) is 16.9 Å². The minimum Gasteiger partial charge on any atom is -0.465 e. The van der Waals surface area contributed by atoms with Crippen LogP contribution in [-0.2, 0) is 14.8 Å². The van der Waals surface area contributed by atoms with E-state index in [4.69, 9.17) is 11.6 Å². The second-order valence-corrected chi connectivity index (χ2v) is 8.14. The first kappa shape index (κ1) is 18.3. The predicted octanol–water partition coefficient (Wildman–Crippen LogP) is 3.45. The van der Waals surface area contributed by atoms with Gasteiger partial charge in [0.1, 0.15) is 5.01 Å². The molecule has 0 saturated heterocycles. The molecule has 10 heteroatoms. The minimum atomic E-state index is -3.92. The molecule has 0 aliphatic carbocycles. The van der Waals surface area contributed by atoms with Gasteiger partial charge in [-0.1, -0.05) is 41.1 Å². The van der Waals surface area contributed by atoms with Crippen LogP contribution in [0.3, 0.4) is 0 Å². The van der Waals surface area contributed by atoms with Gasteiger partial charge in [0.2, 0.25) is 5.13 Å². The molecule has 0 atom stereocenters. The van der Waals surface area contributed by atoms with Crippen molar-refractivity contribution in [3.05, 3.63) is 59.1 Å². The molecule has 0 radical (unpaired) electrons. The summed E-state index contributed by atoms with van der Waals surface area (Å²) in [6.07, 6.45) is 0. The number of benzene rings is 2. The molecule has 134 valence electrons. The van der Waals surface area contributed by atoms with Crippen LogP contribution in [0, 0.1) is 0 Å². The van der Waals surface area contributed by atoms with Crippen LogP contribution in [0.2, 0.25) is 5.02 Å². The van der Waals surface area contributed by atoms with Gasteiger partial charge in [-0.3, -0.25) is 4.72 Å². The highest BCUT2D eigenvalue weighted by Gasteiger charge is 2.19. The van der Waals surface area contributed by atoms with Gasteiger partial charge in [0.05, 0.1) is 17.6 Å². The van der Waals surface area contributed by atoms with Crippen molar-refractivity contribution in [3.8, 4) is 10.6 Å². The second-order valence-electron chi connectivity index (χ2n) is 5.04. The number of nitrogens with one attached hydrogen (secondary N) is 1. The summed E-state index contributed by atoms with van der Waals surface area (Å²) in [5, 5.41) is 9.07. The monoisotopic (exact) mass is 409 g/mol. The molecule has 0 unspecified atom stereocenters. The Balaban J connectivity index is 1.84. The van der Waals surface area contributed by atoms with Crippen LogP contribution in [0.15, 0.2) is 53.4 Å². The first-order valence-corrected chi connectivity index (χ1v) is 9.87. The molecule has 26 heavy (non-hydrogen) atoms. The number of methoxy groups -OCH3 is 1. The highest BCUT2D eigenvalue weighted by atomic mass is 35.5. The molecule has 0 aliphatic heterocycles. The Morgan fingerprint density at radius 3 is 2.58 bits per heavy atom. The van der Waals surface area contributed by atoms with Crippen molar-refractivity contribution in [2.24, 2.45) is 0 Å². The van der Waals surface area contributed by atoms with Crippen LogP contribution >= 0.6 is 22.9 Å². The lowest BCUT2D eigenvalue weighted by Crippen LogP contribution is -2.13. The smallest absolute Gasteiger partial charge is 0.337 e. The number of sulfonamides is 1. The van der Waals surface area contributed by atoms with Crippen LogP contribution in [0.5, 0.6) is 0 Å². The summed E-state index contributed by atoms with van der Waals surface area (Å²) in [4.78, 5) is 11.5. The van der Waals surface area contributed by atoms with Crippen molar-refractivity contribution in [3.63, 3.8) is 0 Å². The number of carbonyl (C=O) groups is 1. The molecule has 1 N–H and O–H groups in total. The number of esters is 1. The Bertz CT molecular complexity index is 1050. The van der Waals surface area contributed by atoms with Crippen molar-refractivity contribution in [1.29, 1.82) is 0 Å². The second kappa shape index (κ2) is 7.40. The van der Waals surface area contributed by atoms with E-state index in [1.807, 2.05) is 0 Å². The van der Waals surface area contributed by atoms with Gasteiger partial charge in [0.25, 0.3) is 10.0 Å². The fourth-order valence-electron chi connectivity index (χ4n) is 2.06. The maximum Gasteiger partial charge on any atom is 0.337 e. The van der Waals surface area contributed by atoms with Crippen molar-refractivity contribution < 1.29 is 17.9 Å². The summed E-state index contributed by atoms with van der Waals surface area (Å²) >= 11 is 6.93. The maximum atomic E-state index is 12.5. The molecule has 0 amide bonds. The Kier molecular flexibility index (Phi) is 5.21. The van der Waals surface area contributed by atoms with E-state index in [1.165, 1.54) is 31.4 Å². The van der Waals surface area contributed by atoms with Crippen molar-refractivity contribution in [2.75, 3.05) is 11.8 Å². The summed E-state index contributed by atoms with van der Waals surface area (Å²) in [6, 6.07) is 12.5. The third kappa shape index (κ3) is 4.01. The molecule has 1 heterocycles. The van der Waals surface area contributed by atoms with Gasteiger partial charge in [0.15, 0.2) is 0 Å². The van der Waals surface area contributed by atoms with E-state index in [2.05, 4.69) is 19.7 Å². The summed E-state index contributed by atoms with van der Waals surface area (Å²) in [5.41, 5.74) is 0.902. The zero-order valence-electron chi connectivity index (χ0n) is 13.3. The molecule has 7 nitrogen and oxygen atoms in total. The van der Waals surface area contributed by atoms with Gasteiger partial charge >= 0.3 is 5.97 Å². The van der Waals surface area contributed by atoms with Gasteiger partial charge in [-0.2, -0.15) is 0 Å². The fourth-order valence-corrected chi connectivity index (χ4v) is 4.21. The number of hydrogen-bond donors (Lipinski definition) is 1. The normalized spacial score (nSPS) is 11.2. The van der Waals surface area contributed by atoms with Crippen molar-refractivity contribution >= 4 is 44.1 Å². The lowest BCUT2D eigenvalue weighted by Gasteiger charge is -2.06. The number of carbonyl (C=O) groups excluding carboxylic acids is 1. The van der Waals surface area contributed by atoms with E-state index in [1.54, 1.807) is 24.3 Å². The topological polar surface area (TPSA) is 98.2 Å². The van der Waals surface area contributed by atoms with Gasteiger partial charge in [0, 0.05) is 10.6 Å². The van der Waals surface area contributed by atoms with Crippen molar-refractivity contribution in [1.82, 2.24) is 10.2 Å². The Hall–Kier alpha value is -2.49. The molecule has 3 aromatic rings. The van der Waals surface area contributed by atoms with Crippen LogP contribution in [0.25, 0.3) is 10.6 Å². The molecule has 0 fully saturated rings.